The maximum absolute atomic E-state index is 13.4. The van der Waals surface area contributed by atoms with Crippen molar-refractivity contribution >= 4 is 17.7 Å². The van der Waals surface area contributed by atoms with Gasteiger partial charge in [0.1, 0.15) is 12.1 Å². The number of aromatic nitrogens is 4. The van der Waals surface area contributed by atoms with E-state index >= 15 is 0 Å². The van der Waals surface area contributed by atoms with Crippen molar-refractivity contribution in [1.82, 2.24) is 25.1 Å². The Kier molecular flexibility index (Phi) is 7.46. The molecule has 0 saturated heterocycles. The fourth-order valence-electron chi connectivity index (χ4n) is 3.67. The van der Waals surface area contributed by atoms with E-state index in [-0.39, 0.29) is 35.4 Å². The van der Waals surface area contributed by atoms with Crippen molar-refractivity contribution in [2.24, 2.45) is 0 Å². The quantitative estimate of drug-likeness (QED) is 0.179. The number of carbonyl (C=O) groups is 1. The van der Waals surface area contributed by atoms with Gasteiger partial charge in [0.25, 0.3) is 5.91 Å². The van der Waals surface area contributed by atoms with Gasteiger partial charge in [0.05, 0.1) is 17.0 Å². The number of thioether (sulfide) groups is 1. The molecule has 7 nitrogen and oxygen atoms in total. The van der Waals surface area contributed by atoms with Gasteiger partial charge in [-0.05, 0) is 35.9 Å². The predicted molar refractivity (Wildman–Crippen MR) is 135 cm³/mol. The molecule has 0 saturated carbocycles. The topological polar surface area (TPSA) is 85.8 Å². The number of oxazole rings is 1. The molecule has 1 N–H and O–H groups in total. The van der Waals surface area contributed by atoms with Crippen LogP contribution in [0, 0.1) is 5.82 Å². The maximum atomic E-state index is 13.4. The van der Waals surface area contributed by atoms with Crippen LogP contribution in [-0.4, -0.2) is 25.7 Å². The SMILES string of the molecule is O=C(NCc1ccc(F)cc1)c1coc(CSc2nnc(-c3ccccc3)n2-c2cccc(C(F)(F)F)c2)n1. The van der Waals surface area contributed by atoms with Gasteiger partial charge >= 0.3 is 6.18 Å². The van der Waals surface area contributed by atoms with Gasteiger partial charge < -0.3 is 9.73 Å². The zero-order chi connectivity index (χ0) is 27.4. The first-order chi connectivity index (χ1) is 18.8. The Bertz CT molecular complexity index is 1580. The molecule has 0 aliphatic rings. The van der Waals surface area contributed by atoms with Gasteiger partial charge in [0.2, 0.25) is 5.89 Å². The second-order valence-corrected chi connectivity index (χ2v) is 9.22. The molecule has 1 amide bonds. The van der Waals surface area contributed by atoms with E-state index in [1.54, 1.807) is 42.5 Å². The van der Waals surface area contributed by atoms with Crippen LogP contribution in [0.25, 0.3) is 17.1 Å². The molecule has 0 atom stereocenters. The van der Waals surface area contributed by atoms with E-state index in [2.05, 4.69) is 20.5 Å². The van der Waals surface area contributed by atoms with Gasteiger partial charge in [-0.2, -0.15) is 13.2 Å². The fourth-order valence-corrected chi connectivity index (χ4v) is 4.48. The summed E-state index contributed by atoms with van der Waals surface area (Å²) in [5.74, 6) is -0.129. The van der Waals surface area contributed by atoms with Crippen molar-refractivity contribution in [3.05, 3.63) is 114 Å². The molecular formula is C27H19F4N5O2S. The highest BCUT2D eigenvalue weighted by Gasteiger charge is 2.31. The first-order valence-corrected chi connectivity index (χ1v) is 12.5. The number of amides is 1. The summed E-state index contributed by atoms with van der Waals surface area (Å²) in [6.45, 7) is 0.179. The van der Waals surface area contributed by atoms with E-state index in [9.17, 15) is 22.4 Å². The zero-order valence-electron chi connectivity index (χ0n) is 20.0. The van der Waals surface area contributed by atoms with Crippen molar-refractivity contribution in [3.63, 3.8) is 0 Å². The van der Waals surface area contributed by atoms with Crippen LogP contribution >= 0.6 is 11.8 Å². The lowest BCUT2D eigenvalue weighted by Crippen LogP contribution is -2.23. The summed E-state index contributed by atoms with van der Waals surface area (Å²) in [7, 11) is 0. The van der Waals surface area contributed by atoms with Crippen molar-refractivity contribution < 1.29 is 26.8 Å². The molecular weight excluding hydrogens is 534 g/mol. The molecule has 3 aromatic carbocycles. The lowest BCUT2D eigenvalue weighted by atomic mass is 10.1. The molecule has 0 aliphatic carbocycles. The fraction of sp³-hybridized carbons (Fsp3) is 0.111. The lowest BCUT2D eigenvalue weighted by Gasteiger charge is -2.13. The Balaban J connectivity index is 1.35. The Morgan fingerprint density at radius 1 is 0.974 bits per heavy atom. The van der Waals surface area contributed by atoms with Gasteiger partial charge in [0, 0.05) is 12.1 Å². The van der Waals surface area contributed by atoms with Crippen molar-refractivity contribution in [1.29, 1.82) is 0 Å². The highest BCUT2D eigenvalue weighted by atomic mass is 32.2. The molecule has 0 unspecified atom stereocenters. The monoisotopic (exact) mass is 553 g/mol. The highest BCUT2D eigenvalue weighted by Crippen LogP contribution is 2.34. The number of benzene rings is 3. The van der Waals surface area contributed by atoms with Crippen LogP contribution in [0.1, 0.15) is 27.5 Å². The normalized spacial score (nSPS) is 11.5. The van der Waals surface area contributed by atoms with Crippen molar-refractivity contribution in [2.75, 3.05) is 0 Å². The Labute approximate surface area is 223 Å². The minimum Gasteiger partial charge on any atom is -0.447 e. The second-order valence-electron chi connectivity index (χ2n) is 8.28. The first kappa shape index (κ1) is 26.2. The zero-order valence-corrected chi connectivity index (χ0v) is 20.8. The summed E-state index contributed by atoms with van der Waals surface area (Å²) in [5, 5.41) is 11.4. The number of alkyl halides is 3. The average Bonchev–Trinajstić information content (AvgIpc) is 3.59. The first-order valence-electron chi connectivity index (χ1n) is 11.6. The molecule has 0 spiro atoms. The highest BCUT2D eigenvalue weighted by molar-refractivity contribution is 7.98. The summed E-state index contributed by atoms with van der Waals surface area (Å²) in [6, 6.07) is 19.6. The Hall–Kier alpha value is -4.45. The van der Waals surface area contributed by atoms with Gasteiger partial charge in [-0.3, -0.25) is 9.36 Å². The minimum atomic E-state index is -4.52. The molecule has 0 radical (unpaired) electrons. The largest absolute Gasteiger partial charge is 0.447 e. The third-order valence-corrected chi connectivity index (χ3v) is 6.49. The summed E-state index contributed by atoms with van der Waals surface area (Å²) in [5.41, 5.74) is 0.881. The van der Waals surface area contributed by atoms with E-state index in [1.165, 1.54) is 29.0 Å². The molecule has 5 aromatic rings. The van der Waals surface area contributed by atoms with Crippen molar-refractivity contribution in [3.8, 4) is 17.1 Å². The van der Waals surface area contributed by atoms with Crippen LogP contribution in [0.2, 0.25) is 0 Å². The molecule has 0 bridgehead atoms. The predicted octanol–water partition coefficient (Wildman–Crippen LogP) is 6.30. The number of rotatable bonds is 8. The molecule has 2 heterocycles. The average molecular weight is 554 g/mol. The summed E-state index contributed by atoms with van der Waals surface area (Å²) in [6.07, 6.45) is -3.31. The maximum Gasteiger partial charge on any atom is 0.416 e. The van der Waals surface area contributed by atoms with Crippen LogP contribution in [0.4, 0.5) is 17.6 Å². The van der Waals surface area contributed by atoms with Gasteiger partial charge in [0.15, 0.2) is 16.7 Å². The second kappa shape index (κ2) is 11.1. The molecule has 0 aliphatic heterocycles. The third kappa shape index (κ3) is 6.17. The van der Waals surface area contributed by atoms with E-state index in [1.807, 2.05) is 6.07 Å². The number of halogens is 4. The summed E-state index contributed by atoms with van der Waals surface area (Å²) >= 11 is 1.15. The molecule has 0 fully saturated rings. The molecule has 12 heteroatoms. The van der Waals surface area contributed by atoms with Crippen LogP contribution in [0.3, 0.4) is 0 Å². The van der Waals surface area contributed by atoms with Crippen LogP contribution < -0.4 is 5.32 Å². The third-order valence-electron chi connectivity index (χ3n) is 5.57. The van der Waals surface area contributed by atoms with E-state index < -0.39 is 17.6 Å². The van der Waals surface area contributed by atoms with Crippen LogP contribution in [0.5, 0.6) is 0 Å². The van der Waals surface area contributed by atoms with Gasteiger partial charge in [-0.25, -0.2) is 9.37 Å². The Morgan fingerprint density at radius 3 is 2.49 bits per heavy atom. The lowest BCUT2D eigenvalue weighted by molar-refractivity contribution is -0.137. The van der Waals surface area contributed by atoms with Crippen LogP contribution in [0.15, 0.2) is 94.7 Å². The van der Waals surface area contributed by atoms with E-state index in [4.69, 9.17) is 4.42 Å². The Morgan fingerprint density at radius 2 is 1.74 bits per heavy atom. The number of carbonyl (C=O) groups excluding carboxylic acids is 1. The molecule has 39 heavy (non-hydrogen) atoms. The van der Waals surface area contributed by atoms with Gasteiger partial charge in [-0.15, -0.1) is 10.2 Å². The summed E-state index contributed by atoms with van der Waals surface area (Å²) in [4.78, 5) is 16.7. The number of nitrogens with one attached hydrogen (secondary N) is 1. The molecule has 2 aromatic heterocycles. The smallest absolute Gasteiger partial charge is 0.416 e. The minimum absolute atomic E-state index is 0.0528. The number of hydrogen-bond acceptors (Lipinski definition) is 6. The van der Waals surface area contributed by atoms with Crippen molar-refractivity contribution in [2.45, 2.75) is 23.6 Å². The van der Waals surface area contributed by atoms with E-state index in [0.29, 0.717) is 22.1 Å². The molecule has 5 rings (SSSR count). The summed E-state index contributed by atoms with van der Waals surface area (Å²) < 4.78 is 60.3. The van der Waals surface area contributed by atoms with Crippen LogP contribution in [-0.2, 0) is 18.5 Å². The number of nitrogens with zero attached hydrogens (tertiary/aromatic N) is 4. The molecule has 198 valence electrons. The van der Waals surface area contributed by atoms with E-state index in [0.717, 1.165) is 23.9 Å². The number of hydrogen-bond donors (Lipinski definition) is 1. The van der Waals surface area contributed by atoms with Gasteiger partial charge in [-0.1, -0.05) is 60.3 Å². The standard InChI is InChI=1S/C27H19F4N5O2S/c28-20-11-9-17(10-12-20)14-32-25(37)22-15-38-23(33-22)16-39-26-35-34-24(18-5-2-1-3-6-18)36(26)21-8-4-7-19(13-21)27(29,30)31/h1-13,15H,14,16H2,(H,32,37).